The molecule has 0 aromatic heterocycles. The van der Waals surface area contributed by atoms with Gasteiger partial charge in [0.05, 0.1) is 12.5 Å². The van der Waals surface area contributed by atoms with E-state index in [4.69, 9.17) is 9.84 Å². The van der Waals surface area contributed by atoms with Crippen LogP contribution >= 0.6 is 0 Å². The molecule has 1 aliphatic rings. The number of para-hydroxylation sites is 1. The van der Waals surface area contributed by atoms with Gasteiger partial charge < -0.3 is 14.7 Å². The smallest absolute Gasteiger partial charge is 0.326 e. The van der Waals surface area contributed by atoms with Crippen LogP contribution in [0.3, 0.4) is 0 Å². The van der Waals surface area contributed by atoms with E-state index >= 15 is 0 Å². The molecule has 0 saturated carbocycles. The molecule has 1 saturated heterocycles. The van der Waals surface area contributed by atoms with Gasteiger partial charge >= 0.3 is 5.97 Å². The fraction of sp³-hybridized carbons (Fsp3) is 0.500. The number of carbonyl (C=O) groups excluding carboxylic acids is 1. The molecule has 0 radical (unpaired) electrons. The van der Waals surface area contributed by atoms with Gasteiger partial charge in [0.1, 0.15) is 11.8 Å². The normalized spacial score (nSPS) is 18.0. The maximum Gasteiger partial charge on any atom is 0.326 e. The van der Waals surface area contributed by atoms with Crippen LogP contribution in [0.1, 0.15) is 32.3 Å². The van der Waals surface area contributed by atoms with E-state index in [1.54, 1.807) is 0 Å². The molecule has 0 aliphatic carbocycles. The second-order valence-corrected chi connectivity index (χ2v) is 5.53. The Hall–Kier alpha value is -2.04. The van der Waals surface area contributed by atoms with Gasteiger partial charge in [-0.1, -0.05) is 18.2 Å². The van der Waals surface area contributed by atoms with Crippen molar-refractivity contribution in [2.24, 2.45) is 0 Å². The summed E-state index contributed by atoms with van der Waals surface area (Å²) in [5.74, 6) is -0.390. The number of carbonyl (C=O) groups is 2. The van der Waals surface area contributed by atoms with Crippen molar-refractivity contribution in [1.82, 2.24) is 4.90 Å². The number of hydrogen-bond donors (Lipinski definition) is 1. The number of hydrogen-bond acceptors (Lipinski definition) is 3. The first-order valence-electron chi connectivity index (χ1n) is 7.26. The number of aliphatic carboxylic acids is 1. The van der Waals surface area contributed by atoms with E-state index in [1.165, 1.54) is 4.90 Å². The number of amides is 1. The van der Waals surface area contributed by atoms with Crippen molar-refractivity contribution in [3.63, 3.8) is 0 Å². The first-order valence-corrected chi connectivity index (χ1v) is 7.26. The molecule has 114 valence electrons. The number of benzene rings is 1. The lowest BCUT2D eigenvalue weighted by Gasteiger charge is -2.22. The van der Waals surface area contributed by atoms with Crippen molar-refractivity contribution in [1.29, 1.82) is 0 Å². The minimum absolute atomic E-state index is 0.0276. The number of rotatable bonds is 5. The van der Waals surface area contributed by atoms with E-state index in [0.717, 1.165) is 12.0 Å². The average Bonchev–Trinajstić information content (AvgIpc) is 2.90. The molecule has 21 heavy (non-hydrogen) atoms. The summed E-state index contributed by atoms with van der Waals surface area (Å²) >= 11 is 0. The van der Waals surface area contributed by atoms with Gasteiger partial charge in [-0.25, -0.2) is 4.79 Å². The van der Waals surface area contributed by atoms with Crippen LogP contribution in [0.4, 0.5) is 0 Å². The number of carboxylic acid groups (broad SMARTS) is 1. The Morgan fingerprint density at radius 1 is 1.38 bits per heavy atom. The highest BCUT2D eigenvalue weighted by atomic mass is 16.5. The fourth-order valence-electron chi connectivity index (χ4n) is 2.61. The maximum absolute atomic E-state index is 12.4. The van der Waals surface area contributed by atoms with Crippen molar-refractivity contribution in [2.45, 2.75) is 45.3 Å². The highest BCUT2D eigenvalue weighted by molar-refractivity contribution is 5.85. The van der Waals surface area contributed by atoms with Gasteiger partial charge in [0, 0.05) is 12.1 Å². The van der Waals surface area contributed by atoms with Gasteiger partial charge in [-0.2, -0.15) is 0 Å². The topological polar surface area (TPSA) is 66.8 Å². The van der Waals surface area contributed by atoms with Crippen LogP contribution < -0.4 is 4.74 Å². The SMILES string of the molecule is CC(C)Oc1ccccc1CC(=O)N1CCCC1C(=O)O. The Balaban J connectivity index is 2.11. The zero-order valence-electron chi connectivity index (χ0n) is 12.4. The molecular formula is C16H21NO4. The van der Waals surface area contributed by atoms with E-state index < -0.39 is 12.0 Å². The summed E-state index contributed by atoms with van der Waals surface area (Å²) in [7, 11) is 0. The highest BCUT2D eigenvalue weighted by Crippen LogP contribution is 2.23. The lowest BCUT2D eigenvalue weighted by molar-refractivity contribution is -0.148. The van der Waals surface area contributed by atoms with Crippen LogP contribution in [-0.4, -0.2) is 40.6 Å². The summed E-state index contributed by atoms with van der Waals surface area (Å²) in [5.41, 5.74) is 0.798. The number of likely N-dealkylation sites (tertiary alicyclic amines) is 1. The van der Waals surface area contributed by atoms with Crippen molar-refractivity contribution in [3.8, 4) is 5.75 Å². The Bertz CT molecular complexity index is 527. The van der Waals surface area contributed by atoms with Gasteiger partial charge in [0.15, 0.2) is 0 Å². The summed E-state index contributed by atoms with van der Waals surface area (Å²) < 4.78 is 5.70. The fourth-order valence-corrected chi connectivity index (χ4v) is 2.61. The molecule has 5 nitrogen and oxygen atoms in total. The van der Waals surface area contributed by atoms with Crippen LogP contribution in [-0.2, 0) is 16.0 Å². The van der Waals surface area contributed by atoms with Crippen molar-refractivity contribution >= 4 is 11.9 Å². The molecule has 1 aromatic carbocycles. The predicted octanol–water partition coefficient (Wildman–Crippen LogP) is 2.09. The summed E-state index contributed by atoms with van der Waals surface area (Å²) in [6, 6.07) is 6.72. The Labute approximate surface area is 124 Å². The lowest BCUT2D eigenvalue weighted by Crippen LogP contribution is -2.41. The molecule has 1 N–H and O–H groups in total. The molecule has 1 unspecified atom stereocenters. The Kier molecular flexibility index (Phi) is 4.83. The molecule has 0 bridgehead atoms. The standard InChI is InChI=1S/C16H21NO4/c1-11(2)21-14-8-4-3-6-12(14)10-15(18)17-9-5-7-13(17)16(19)20/h3-4,6,8,11,13H,5,7,9-10H2,1-2H3,(H,19,20). The van der Waals surface area contributed by atoms with E-state index in [0.29, 0.717) is 18.7 Å². The zero-order valence-corrected chi connectivity index (χ0v) is 12.4. The zero-order chi connectivity index (χ0) is 15.4. The monoisotopic (exact) mass is 291 g/mol. The largest absolute Gasteiger partial charge is 0.491 e. The highest BCUT2D eigenvalue weighted by Gasteiger charge is 2.33. The van der Waals surface area contributed by atoms with Crippen molar-refractivity contribution in [2.75, 3.05) is 6.54 Å². The first-order chi connectivity index (χ1) is 9.99. The molecule has 5 heteroatoms. The third-order valence-electron chi connectivity index (χ3n) is 3.54. The molecule has 0 spiro atoms. The molecule has 1 heterocycles. The van der Waals surface area contributed by atoms with Crippen LogP contribution in [0, 0.1) is 0 Å². The summed E-state index contributed by atoms with van der Waals surface area (Å²) in [5, 5.41) is 9.15. The van der Waals surface area contributed by atoms with Crippen LogP contribution in [0.5, 0.6) is 5.75 Å². The van der Waals surface area contributed by atoms with Crippen LogP contribution in [0.15, 0.2) is 24.3 Å². The number of carboxylic acids is 1. The number of ether oxygens (including phenoxy) is 1. The third-order valence-corrected chi connectivity index (χ3v) is 3.54. The maximum atomic E-state index is 12.4. The van der Waals surface area contributed by atoms with E-state index in [-0.39, 0.29) is 18.4 Å². The minimum Gasteiger partial charge on any atom is -0.491 e. The second kappa shape index (κ2) is 6.61. The van der Waals surface area contributed by atoms with Gasteiger partial charge in [-0.05, 0) is 32.8 Å². The van der Waals surface area contributed by atoms with Crippen LogP contribution in [0.2, 0.25) is 0 Å². The summed E-state index contributed by atoms with van der Waals surface area (Å²) in [6.45, 7) is 4.38. The quantitative estimate of drug-likeness (QED) is 0.902. The van der Waals surface area contributed by atoms with Gasteiger partial charge in [0.25, 0.3) is 0 Å². The summed E-state index contributed by atoms with van der Waals surface area (Å²) in [4.78, 5) is 25.0. The molecule has 2 rings (SSSR count). The Morgan fingerprint density at radius 2 is 2.10 bits per heavy atom. The lowest BCUT2D eigenvalue weighted by atomic mass is 10.1. The second-order valence-electron chi connectivity index (χ2n) is 5.53. The average molecular weight is 291 g/mol. The Morgan fingerprint density at radius 3 is 2.76 bits per heavy atom. The van der Waals surface area contributed by atoms with Gasteiger partial charge in [-0.15, -0.1) is 0 Å². The third kappa shape index (κ3) is 3.74. The predicted molar refractivity (Wildman–Crippen MR) is 78.3 cm³/mol. The molecule has 1 aromatic rings. The molecule has 1 aliphatic heterocycles. The van der Waals surface area contributed by atoms with Crippen molar-refractivity contribution < 1.29 is 19.4 Å². The van der Waals surface area contributed by atoms with E-state index in [9.17, 15) is 9.59 Å². The van der Waals surface area contributed by atoms with Crippen LogP contribution in [0.25, 0.3) is 0 Å². The molecule has 1 fully saturated rings. The van der Waals surface area contributed by atoms with Crippen molar-refractivity contribution in [3.05, 3.63) is 29.8 Å². The first kappa shape index (κ1) is 15.4. The van der Waals surface area contributed by atoms with E-state index in [1.807, 2.05) is 38.1 Å². The van der Waals surface area contributed by atoms with E-state index in [2.05, 4.69) is 0 Å². The molecule has 1 amide bonds. The number of nitrogens with zero attached hydrogens (tertiary/aromatic N) is 1. The van der Waals surface area contributed by atoms with Gasteiger partial charge in [-0.3, -0.25) is 4.79 Å². The summed E-state index contributed by atoms with van der Waals surface area (Å²) in [6.07, 6.45) is 1.48. The molecular weight excluding hydrogens is 270 g/mol. The molecule has 1 atom stereocenters. The minimum atomic E-state index is -0.924. The van der Waals surface area contributed by atoms with Gasteiger partial charge in [0.2, 0.25) is 5.91 Å².